The largest absolute Gasteiger partial charge is 0.497 e. The molecule has 0 heterocycles. The molecule has 0 amide bonds. The molecule has 0 unspecified atom stereocenters. The van der Waals surface area contributed by atoms with E-state index in [9.17, 15) is 5.11 Å². The molecule has 3 aliphatic carbocycles. The zero-order valence-corrected chi connectivity index (χ0v) is 10.4. The summed E-state index contributed by atoms with van der Waals surface area (Å²) in [6.45, 7) is 0. The molecule has 0 saturated heterocycles. The number of hydrogen-bond donors (Lipinski definition) is 1. The summed E-state index contributed by atoms with van der Waals surface area (Å²) in [7, 11) is 1.70. The van der Waals surface area contributed by atoms with Crippen molar-refractivity contribution < 1.29 is 9.84 Å². The maximum absolute atomic E-state index is 10.2. The molecule has 0 atom stereocenters. The predicted molar refractivity (Wildman–Crippen MR) is 67.3 cm³/mol. The van der Waals surface area contributed by atoms with E-state index in [-0.39, 0.29) is 5.60 Å². The monoisotopic (exact) mass is 232 g/mol. The second-order valence-corrected chi connectivity index (χ2v) is 5.73. The van der Waals surface area contributed by atoms with Crippen molar-refractivity contribution in [3.8, 4) is 5.75 Å². The Kier molecular flexibility index (Phi) is 2.44. The molecule has 1 aromatic rings. The van der Waals surface area contributed by atoms with Gasteiger partial charge in [-0.05, 0) is 61.6 Å². The van der Waals surface area contributed by atoms with Gasteiger partial charge in [0.1, 0.15) is 5.75 Å². The smallest absolute Gasteiger partial charge is 0.118 e. The highest BCUT2D eigenvalue weighted by molar-refractivity contribution is 5.34. The summed E-state index contributed by atoms with van der Waals surface area (Å²) < 4.78 is 5.21. The van der Waals surface area contributed by atoms with Crippen LogP contribution in [0, 0.1) is 0 Å². The van der Waals surface area contributed by atoms with Gasteiger partial charge in [0.15, 0.2) is 0 Å². The summed E-state index contributed by atoms with van der Waals surface area (Å²) in [5.41, 5.74) is 1.42. The first kappa shape index (κ1) is 11.1. The Morgan fingerprint density at radius 1 is 0.941 bits per heavy atom. The van der Waals surface area contributed by atoms with Crippen LogP contribution in [0.3, 0.4) is 0 Å². The average Bonchev–Trinajstić information content (AvgIpc) is 2.40. The third-order valence-corrected chi connectivity index (χ3v) is 4.91. The second-order valence-electron chi connectivity index (χ2n) is 5.73. The lowest BCUT2D eigenvalue weighted by Gasteiger charge is -2.51. The zero-order valence-electron chi connectivity index (χ0n) is 10.4. The van der Waals surface area contributed by atoms with Gasteiger partial charge in [0.2, 0.25) is 0 Å². The molecular weight excluding hydrogens is 212 g/mol. The van der Waals surface area contributed by atoms with Gasteiger partial charge in [-0.2, -0.15) is 0 Å². The number of hydrogen-bond acceptors (Lipinski definition) is 2. The van der Waals surface area contributed by atoms with Gasteiger partial charge in [-0.1, -0.05) is 12.1 Å². The molecule has 0 aliphatic heterocycles. The van der Waals surface area contributed by atoms with Crippen LogP contribution in [0.1, 0.15) is 44.1 Å². The van der Waals surface area contributed by atoms with Crippen LogP contribution in [-0.2, 0) is 5.41 Å². The SMILES string of the molecule is COc1ccc(C23CCC(O)(CC2)CC3)cc1. The van der Waals surface area contributed by atoms with Crippen molar-refractivity contribution in [2.24, 2.45) is 0 Å². The van der Waals surface area contributed by atoms with Crippen LogP contribution in [0.4, 0.5) is 0 Å². The molecule has 3 saturated carbocycles. The lowest BCUT2D eigenvalue weighted by atomic mass is 9.56. The number of rotatable bonds is 2. The van der Waals surface area contributed by atoms with Crippen molar-refractivity contribution >= 4 is 0 Å². The van der Waals surface area contributed by atoms with Gasteiger partial charge < -0.3 is 9.84 Å². The third-order valence-electron chi connectivity index (χ3n) is 4.91. The highest BCUT2D eigenvalue weighted by Crippen LogP contribution is 2.53. The Labute approximate surface area is 103 Å². The fraction of sp³-hybridized carbons (Fsp3) is 0.600. The summed E-state index contributed by atoms with van der Waals surface area (Å²) in [5, 5.41) is 10.2. The van der Waals surface area contributed by atoms with Crippen molar-refractivity contribution in [3.05, 3.63) is 29.8 Å². The molecule has 2 bridgehead atoms. The molecule has 0 radical (unpaired) electrons. The highest BCUT2D eigenvalue weighted by atomic mass is 16.5. The fourth-order valence-electron chi connectivity index (χ4n) is 3.54. The molecule has 3 aliphatic rings. The van der Waals surface area contributed by atoms with Gasteiger partial charge in [0, 0.05) is 0 Å². The second kappa shape index (κ2) is 3.74. The minimum absolute atomic E-state index is 0.330. The molecule has 1 N–H and O–H groups in total. The molecule has 1 aromatic carbocycles. The number of methoxy groups -OCH3 is 1. The van der Waals surface area contributed by atoms with Crippen molar-refractivity contribution in [3.63, 3.8) is 0 Å². The Bertz CT molecular complexity index is 383. The molecule has 0 aromatic heterocycles. The maximum atomic E-state index is 10.2. The Balaban J connectivity index is 1.88. The topological polar surface area (TPSA) is 29.5 Å². The van der Waals surface area contributed by atoms with Crippen molar-refractivity contribution in [2.75, 3.05) is 7.11 Å². The number of benzene rings is 1. The van der Waals surface area contributed by atoms with E-state index in [0.717, 1.165) is 44.3 Å². The van der Waals surface area contributed by atoms with Crippen molar-refractivity contribution in [1.29, 1.82) is 0 Å². The van der Waals surface area contributed by atoms with E-state index < -0.39 is 0 Å². The first-order chi connectivity index (χ1) is 8.16. The van der Waals surface area contributed by atoms with Gasteiger partial charge in [-0.3, -0.25) is 0 Å². The lowest BCUT2D eigenvalue weighted by Crippen LogP contribution is -2.48. The Morgan fingerprint density at radius 3 is 1.94 bits per heavy atom. The molecule has 0 spiro atoms. The fourth-order valence-corrected chi connectivity index (χ4v) is 3.54. The van der Waals surface area contributed by atoms with E-state index in [4.69, 9.17) is 4.74 Å². The van der Waals surface area contributed by atoms with Crippen LogP contribution in [0.2, 0.25) is 0 Å². The van der Waals surface area contributed by atoms with Gasteiger partial charge in [0.25, 0.3) is 0 Å². The van der Waals surface area contributed by atoms with Crippen LogP contribution in [-0.4, -0.2) is 17.8 Å². The van der Waals surface area contributed by atoms with Crippen molar-refractivity contribution in [2.45, 2.75) is 49.5 Å². The summed E-state index contributed by atoms with van der Waals surface area (Å²) in [4.78, 5) is 0. The summed E-state index contributed by atoms with van der Waals surface area (Å²) in [6.07, 6.45) is 6.32. The van der Waals surface area contributed by atoms with Crippen LogP contribution in [0.5, 0.6) is 5.75 Å². The van der Waals surface area contributed by atoms with E-state index in [1.807, 2.05) is 0 Å². The highest BCUT2D eigenvalue weighted by Gasteiger charge is 2.48. The molecule has 2 heteroatoms. The summed E-state index contributed by atoms with van der Waals surface area (Å²) >= 11 is 0. The predicted octanol–water partition coefficient (Wildman–Crippen LogP) is 3.03. The van der Waals surface area contributed by atoms with Crippen LogP contribution in [0.25, 0.3) is 0 Å². The first-order valence-electron chi connectivity index (χ1n) is 6.53. The van der Waals surface area contributed by atoms with Gasteiger partial charge in [0.05, 0.1) is 12.7 Å². The number of ether oxygens (including phenoxy) is 1. The van der Waals surface area contributed by atoms with Gasteiger partial charge >= 0.3 is 0 Å². The summed E-state index contributed by atoms with van der Waals surface area (Å²) in [6, 6.07) is 8.52. The lowest BCUT2D eigenvalue weighted by molar-refractivity contribution is -0.0660. The van der Waals surface area contributed by atoms with Gasteiger partial charge in [-0.15, -0.1) is 0 Å². The Hall–Kier alpha value is -1.02. The van der Waals surface area contributed by atoms with Crippen molar-refractivity contribution in [1.82, 2.24) is 0 Å². The molecule has 2 nitrogen and oxygen atoms in total. The first-order valence-corrected chi connectivity index (χ1v) is 6.53. The van der Waals surface area contributed by atoms with E-state index in [2.05, 4.69) is 24.3 Å². The molecule has 92 valence electrons. The number of fused-ring (bicyclic) bond motifs is 3. The van der Waals surface area contributed by atoms with Crippen LogP contribution < -0.4 is 4.74 Å². The molecule has 17 heavy (non-hydrogen) atoms. The molecule has 4 rings (SSSR count). The molecular formula is C15H20O2. The van der Waals surface area contributed by atoms with Crippen LogP contribution >= 0.6 is 0 Å². The van der Waals surface area contributed by atoms with Crippen LogP contribution in [0.15, 0.2) is 24.3 Å². The van der Waals surface area contributed by atoms with E-state index in [0.29, 0.717) is 5.41 Å². The third kappa shape index (κ3) is 1.75. The maximum Gasteiger partial charge on any atom is 0.118 e. The molecule has 3 fully saturated rings. The zero-order chi connectivity index (χ0) is 11.9. The van der Waals surface area contributed by atoms with Gasteiger partial charge in [-0.25, -0.2) is 0 Å². The minimum Gasteiger partial charge on any atom is -0.497 e. The van der Waals surface area contributed by atoms with E-state index in [1.54, 1.807) is 7.11 Å². The average molecular weight is 232 g/mol. The summed E-state index contributed by atoms with van der Waals surface area (Å²) in [5.74, 6) is 0.924. The minimum atomic E-state index is -0.339. The Morgan fingerprint density at radius 2 is 1.47 bits per heavy atom. The van der Waals surface area contributed by atoms with E-state index >= 15 is 0 Å². The normalized spacial score (nSPS) is 35.9. The quantitative estimate of drug-likeness (QED) is 0.849. The standard InChI is InChI=1S/C15H20O2/c1-17-13-4-2-12(3-5-13)14-6-9-15(16,10-7-14)11-8-14/h2-5,16H,6-11H2,1H3. The number of aliphatic hydroxyl groups is 1. The van der Waals surface area contributed by atoms with E-state index in [1.165, 1.54) is 5.56 Å².